The number of carboxylic acid groups (broad SMARTS) is 5. The van der Waals surface area contributed by atoms with Gasteiger partial charge >= 0.3 is 46.6 Å². The minimum Gasteiger partial charge on any atom is -0.680 e. The van der Waals surface area contributed by atoms with Crippen molar-refractivity contribution in [2.45, 2.75) is 162 Å². The number of aliphatic hydroxyl groups is 2. The molecule has 0 aliphatic carbocycles. The van der Waals surface area contributed by atoms with Crippen LogP contribution in [0.3, 0.4) is 0 Å². The van der Waals surface area contributed by atoms with Crippen molar-refractivity contribution in [3.63, 3.8) is 0 Å². The number of nitrogens with zero attached hydrogens (tertiary/aromatic N) is 8. The average Bonchev–Trinajstić information content (AvgIpc) is 2.58. The van der Waals surface area contributed by atoms with Gasteiger partial charge in [-0.1, -0.05) is 47.1 Å². The van der Waals surface area contributed by atoms with E-state index in [4.69, 9.17) is 42.2 Å². The maximum Gasteiger partial charge on any atom is 3.00 e. The zero-order valence-corrected chi connectivity index (χ0v) is 48.0. The minimum absolute atomic E-state index is 0. The van der Waals surface area contributed by atoms with Crippen LogP contribution in [0.1, 0.15) is 132 Å². The number of nitrogen functional groups attached to an aromatic ring is 1. The van der Waals surface area contributed by atoms with Crippen LogP contribution in [-0.2, 0) is 55.1 Å². The van der Waals surface area contributed by atoms with Gasteiger partial charge < -0.3 is 69.9 Å². The molecule has 2 aromatic heterocycles. The van der Waals surface area contributed by atoms with Crippen molar-refractivity contribution < 1.29 is 90.8 Å². The van der Waals surface area contributed by atoms with Crippen molar-refractivity contribution in [1.29, 1.82) is 0 Å². The maximum atomic E-state index is 13.3. The van der Waals surface area contributed by atoms with E-state index in [1.807, 2.05) is 13.8 Å². The van der Waals surface area contributed by atoms with Gasteiger partial charge in [-0.3, -0.25) is 53.1 Å². The monoisotopic (exact) mass is 1190 g/mol. The number of aliphatic carboxylic acids is 5. The quantitative estimate of drug-likeness (QED) is 0.0873. The van der Waals surface area contributed by atoms with Crippen molar-refractivity contribution in [3.8, 4) is 0 Å². The van der Waals surface area contributed by atoms with Gasteiger partial charge in [0, 0.05) is 107 Å². The summed E-state index contributed by atoms with van der Waals surface area (Å²) in [7, 11) is 0. The van der Waals surface area contributed by atoms with Gasteiger partial charge in [-0.25, -0.2) is 15.0 Å². The first-order valence-corrected chi connectivity index (χ1v) is 26.7. The maximum absolute atomic E-state index is 13.3. The van der Waals surface area contributed by atoms with E-state index in [0.29, 0.717) is 56.5 Å². The summed E-state index contributed by atoms with van der Waals surface area (Å²) >= 11 is 0. The number of imidazole rings is 1. The summed E-state index contributed by atoms with van der Waals surface area (Å²) in [5, 5.41) is 75.6. The molecule has 13 atom stereocenters. The molecular weight excluding hydrogens is 1110 g/mol. The number of hydrogen-bond donors (Lipinski definition) is 10. The molecule has 2 aromatic rings. The van der Waals surface area contributed by atoms with Crippen molar-refractivity contribution in [1.82, 2.24) is 19.5 Å². The molecule has 2 saturated heterocycles. The molecule has 6 aliphatic rings. The summed E-state index contributed by atoms with van der Waals surface area (Å²) in [6.07, 6.45) is -1.58. The summed E-state index contributed by atoms with van der Waals surface area (Å²) < 4.78 is 6.90. The second-order valence-corrected chi connectivity index (χ2v) is 23.7. The number of carboxylic acids is 5. The molecule has 6 aliphatic heterocycles. The first kappa shape index (κ1) is 64.2. The number of aromatic nitrogens is 4. The Morgan fingerprint density at radius 3 is 1.83 bits per heavy atom. The van der Waals surface area contributed by atoms with Gasteiger partial charge in [0.15, 0.2) is 17.7 Å². The molecule has 446 valence electrons. The van der Waals surface area contributed by atoms with E-state index in [2.05, 4.69) is 21.9 Å². The second kappa shape index (κ2) is 23.7. The molecule has 8 heterocycles. The number of allylic oxidation sites excluding steroid dienone is 6. The molecule has 8 rings (SSSR count). The summed E-state index contributed by atoms with van der Waals surface area (Å²) in [6, 6.07) is -1.08. The van der Waals surface area contributed by atoms with Crippen LogP contribution in [0.25, 0.3) is 16.5 Å². The van der Waals surface area contributed by atoms with Crippen LogP contribution < -0.4 is 17.2 Å². The summed E-state index contributed by atoms with van der Waals surface area (Å²) in [4.78, 5) is 116. The number of carbonyl (C=O) groups excluding carboxylic acids is 2. The SMILES string of the molecule is C/C1=C2N=C(/C=C3N=C(/C(C)=C4\[N-][C@@](C)(C5N=C1[C@](C)(CCC(=O)O)[C@H]5CC(=O)O)[C@@](C)(CC(N)=O)[C@@H]4CCC(=O)O)[C@@](C)(CC(N)=O)[C@@H]\3CCC(=O)O)C(C)(C)[C@@H]/2CCC(=O)O.[CH2-][C@H]1O[C@@H](n2cnc3c(N)ncnc32)[C@H](O)[C@@H]1O.[Co+3]. The molecule has 8 bridgehead atoms. The molecule has 0 radical (unpaired) electrons. The van der Waals surface area contributed by atoms with Gasteiger partial charge in [0.2, 0.25) is 11.8 Å². The number of carbonyl (C=O) groups is 7. The van der Waals surface area contributed by atoms with E-state index in [9.17, 15) is 69.3 Å². The van der Waals surface area contributed by atoms with Crippen LogP contribution in [0, 0.1) is 52.3 Å². The van der Waals surface area contributed by atoms with Gasteiger partial charge in [-0.2, -0.15) is 5.70 Å². The molecule has 0 spiro atoms. The number of rotatable bonds is 19. The zero-order chi connectivity index (χ0) is 60.2. The number of nitrogens with two attached hydrogens (primary N) is 3. The Morgan fingerprint density at radius 1 is 0.720 bits per heavy atom. The Hall–Kier alpha value is -6.94. The van der Waals surface area contributed by atoms with Crippen molar-refractivity contribution >= 4 is 75.8 Å². The van der Waals surface area contributed by atoms with Crippen molar-refractivity contribution in [2.24, 2.45) is 71.8 Å². The molecule has 2 amide bonds. The average molecular weight is 1190 g/mol. The van der Waals surface area contributed by atoms with Crippen molar-refractivity contribution in [3.05, 3.63) is 59.2 Å². The predicted molar refractivity (Wildman–Crippen MR) is 292 cm³/mol. The van der Waals surface area contributed by atoms with E-state index in [1.54, 1.807) is 47.6 Å². The van der Waals surface area contributed by atoms with E-state index in [-0.39, 0.29) is 86.8 Å². The van der Waals surface area contributed by atoms with E-state index in [1.165, 1.54) is 17.2 Å². The van der Waals surface area contributed by atoms with E-state index >= 15 is 0 Å². The third kappa shape index (κ3) is 11.6. The fourth-order valence-corrected chi connectivity index (χ4v) is 13.8. The fraction of sp³-hybridized carbons (Fsp3) is 0.600. The van der Waals surface area contributed by atoms with Crippen LogP contribution in [0.4, 0.5) is 5.82 Å². The number of primary amides is 2. The normalized spacial score (nSPS) is 34.8. The largest absolute Gasteiger partial charge is 3.00 e. The number of ether oxygens (including phenoxy) is 1. The second-order valence-electron chi connectivity index (χ2n) is 23.7. The molecule has 82 heavy (non-hydrogen) atoms. The van der Waals surface area contributed by atoms with Crippen LogP contribution in [0.2, 0.25) is 0 Å². The van der Waals surface area contributed by atoms with E-state index < -0.39 is 130 Å². The van der Waals surface area contributed by atoms with Gasteiger partial charge in [0.1, 0.15) is 17.9 Å². The molecule has 0 aromatic carbocycles. The Bertz CT molecular complexity index is 3150. The number of aliphatic imine (C=N–C) groups is 3. The summed E-state index contributed by atoms with van der Waals surface area (Å²) in [5.41, 5.74) is 15.4. The van der Waals surface area contributed by atoms with Gasteiger partial charge in [-0.15, -0.1) is 0 Å². The van der Waals surface area contributed by atoms with Crippen molar-refractivity contribution in [2.75, 3.05) is 5.73 Å². The fourth-order valence-electron chi connectivity index (χ4n) is 13.8. The first-order chi connectivity index (χ1) is 37.6. The third-order valence-electron chi connectivity index (χ3n) is 18.2. The first-order valence-electron chi connectivity index (χ1n) is 26.7. The predicted octanol–water partition coefficient (Wildman–Crippen LogP) is 4.36. The van der Waals surface area contributed by atoms with Gasteiger partial charge in [0.25, 0.3) is 0 Å². The molecule has 2 fully saturated rings. The Kier molecular flexibility index (Phi) is 18.6. The van der Waals surface area contributed by atoms with Gasteiger partial charge in [0.05, 0.1) is 18.9 Å². The van der Waals surface area contributed by atoms with Crippen LogP contribution >= 0.6 is 0 Å². The Morgan fingerprint density at radius 2 is 1.29 bits per heavy atom. The molecule has 27 heteroatoms. The molecule has 26 nitrogen and oxygen atoms in total. The van der Waals surface area contributed by atoms with E-state index in [0.717, 1.165) is 0 Å². The number of fused-ring (bicyclic) bond motifs is 7. The summed E-state index contributed by atoms with van der Waals surface area (Å²) in [6.45, 7) is 17.9. The number of amides is 2. The number of aliphatic hydroxyl groups excluding tert-OH is 2. The smallest absolute Gasteiger partial charge is 0.680 e. The summed E-state index contributed by atoms with van der Waals surface area (Å²) in [5.74, 6) is -9.93. The molecular formula is C55H73CoN11O15+. The van der Waals surface area contributed by atoms with Crippen LogP contribution in [0.5, 0.6) is 0 Å². The standard InChI is InChI=1S/C45H62N6O12.C10H12N5O3.Co/c1-21-36-24(10-13-32(56)57)41(3,4)28(49-36)18-27-23(9-12-31(54)55)43(6,19-29(46)52)39(48-27)22(2)37-25(11-14-33(58)59)44(7,20-30(47)53)45(8,51-37)40-26(17-35(62)63)42(5,38(21)50-40)16-15-34(60)61;1-4-6(16)7(17)10(18-4)15-3-14-5-8(11)12-2-13-9(5)15;/h18,23-26,40H,9-17,19-20H2,1-8H3,(H10,46,47,48,49,50,51,52,53,54,55,56,57,58,59,60,61,62,63);2-4,6-7,10,16-17H,1H2,(H2,11,12,13);/q;-1;+3/p-1/t23-,24-,25-,26+,40?,42-,43+,44+,45+;4-,6-,7-,10-;/m11./s1. The minimum atomic E-state index is -1.54. The van der Waals surface area contributed by atoms with Crippen LogP contribution in [0.15, 0.2) is 61.9 Å². The molecule has 1 unspecified atom stereocenters. The molecule has 0 saturated carbocycles. The topological polar surface area (TPSA) is 443 Å². The Balaban J connectivity index is 0.000000477. The number of hydrogen-bond acceptors (Lipinski definition) is 17. The van der Waals surface area contributed by atoms with Gasteiger partial charge in [-0.05, 0) is 74.2 Å². The molecule has 13 N–H and O–H groups in total. The third-order valence-corrected chi connectivity index (χ3v) is 18.2. The van der Waals surface area contributed by atoms with Crippen LogP contribution in [-0.4, -0.2) is 144 Å². The number of anilines is 1. The zero-order valence-electron chi connectivity index (χ0n) is 47.0. The Labute approximate surface area is 483 Å².